The van der Waals surface area contributed by atoms with Crippen molar-refractivity contribution >= 4 is 28.8 Å². The van der Waals surface area contributed by atoms with Crippen molar-refractivity contribution in [2.24, 2.45) is 5.92 Å². The number of carbonyl (C=O) groups excluding carboxylic acids is 1. The van der Waals surface area contributed by atoms with E-state index in [1.807, 2.05) is 16.7 Å². The first-order valence-corrected chi connectivity index (χ1v) is 9.51. The standard InChI is InChI=1S/C17H20FN3O2S/c18-13-1-2-14-15(7-13)23-20-16(14)12-3-5-21(6-4-12)17(22)19-8-11-9-24-10-11/h1-2,7,11-12H,3-6,8-10H2,(H,19,22). The molecule has 3 heterocycles. The lowest BCUT2D eigenvalue weighted by Crippen LogP contribution is -2.46. The molecule has 0 bridgehead atoms. The van der Waals surface area contributed by atoms with Gasteiger partial charge < -0.3 is 14.7 Å². The van der Waals surface area contributed by atoms with Gasteiger partial charge in [0.1, 0.15) is 5.82 Å². The second-order valence-electron chi connectivity index (χ2n) is 6.56. The van der Waals surface area contributed by atoms with Crippen molar-refractivity contribution in [3.8, 4) is 0 Å². The molecule has 24 heavy (non-hydrogen) atoms. The molecule has 2 amide bonds. The fourth-order valence-electron chi connectivity index (χ4n) is 3.33. The van der Waals surface area contributed by atoms with Gasteiger partial charge in [-0.1, -0.05) is 5.16 Å². The van der Waals surface area contributed by atoms with E-state index in [2.05, 4.69) is 10.5 Å². The molecule has 7 heteroatoms. The van der Waals surface area contributed by atoms with Crippen molar-refractivity contribution in [3.05, 3.63) is 29.7 Å². The lowest BCUT2D eigenvalue weighted by Gasteiger charge is -2.32. The van der Waals surface area contributed by atoms with Gasteiger partial charge in [0.15, 0.2) is 5.58 Å². The average Bonchev–Trinajstić information content (AvgIpc) is 2.96. The molecular formula is C17H20FN3O2S. The van der Waals surface area contributed by atoms with Crippen LogP contribution in [0.2, 0.25) is 0 Å². The van der Waals surface area contributed by atoms with E-state index in [9.17, 15) is 9.18 Å². The van der Waals surface area contributed by atoms with Crippen LogP contribution in [0, 0.1) is 11.7 Å². The Morgan fingerprint density at radius 1 is 1.38 bits per heavy atom. The van der Waals surface area contributed by atoms with Gasteiger partial charge in [0.25, 0.3) is 0 Å². The third-order valence-corrected chi connectivity index (χ3v) is 6.29. The van der Waals surface area contributed by atoms with E-state index < -0.39 is 0 Å². The average molecular weight is 349 g/mol. The highest BCUT2D eigenvalue weighted by Gasteiger charge is 2.28. The predicted molar refractivity (Wildman–Crippen MR) is 91.7 cm³/mol. The number of rotatable bonds is 3. The van der Waals surface area contributed by atoms with Crippen LogP contribution < -0.4 is 5.32 Å². The summed E-state index contributed by atoms with van der Waals surface area (Å²) in [5.41, 5.74) is 1.38. The molecule has 128 valence electrons. The zero-order chi connectivity index (χ0) is 16.5. The zero-order valence-electron chi connectivity index (χ0n) is 13.3. The van der Waals surface area contributed by atoms with Crippen molar-refractivity contribution in [1.29, 1.82) is 0 Å². The summed E-state index contributed by atoms with van der Waals surface area (Å²) < 4.78 is 18.5. The molecule has 0 atom stereocenters. The van der Waals surface area contributed by atoms with Crippen LogP contribution in [-0.2, 0) is 0 Å². The zero-order valence-corrected chi connectivity index (χ0v) is 14.2. The Balaban J connectivity index is 1.35. The largest absolute Gasteiger partial charge is 0.356 e. The van der Waals surface area contributed by atoms with Gasteiger partial charge in [-0.05, 0) is 42.4 Å². The van der Waals surface area contributed by atoms with Crippen LogP contribution >= 0.6 is 11.8 Å². The maximum Gasteiger partial charge on any atom is 0.317 e. The minimum Gasteiger partial charge on any atom is -0.356 e. The number of urea groups is 1. The summed E-state index contributed by atoms with van der Waals surface area (Å²) in [7, 11) is 0. The number of benzene rings is 1. The molecule has 4 rings (SSSR count). The summed E-state index contributed by atoms with van der Waals surface area (Å²) in [6.45, 7) is 2.21. The molecule has 2 fully saturated rings. The lowest BCUT2D eigenvalue weighted by atomic mass is 9.92. The van der Waals surface area contributed by atoms with Crippen molar-refractivity contribution in [1.82, 2.24) is 15.4 Å². The van der Waals surface area contributed by atoms with E-state index in [1.165, 1.54) is 12.1 Å². The van der Waals surface area contributed by atoms with E-state index in [1.54, 1.807) is 6.07 Å². The minimum atomic E-state index is -0.318. The number of halogens is 1. The van der Waals surface area contributed by atoms with Crippen LogP contribution in [0.5, 0.6) is 0 Å². The highest BCUT2D eigenvalue weighted by atomic mass is 32.2. The highest BCUT2D eigenvalue weighted by molar-refractivity contribution is 8.00. The van der Waals surface area contributed by atoms with Crippen LogP contribution in [0.25, 0.3) is 11.0 Å². The molecule has 1 aromatic carbocycles. The summed E-state index contributed by atoms with van der Waals surface area (Å²) >= 11 is 1.93. The first-order valence-electron chi connectivity index (χ1n) is 8.36. The van der Waals surface area contributed by atoms with Crippen LogP contribution in [-0.4, -0.2) is 47.2 Å². The number of thioether (sulfide) groups is 1. The molecule has 0 unspecified atom stereocenters. The number of nitrogens with zero attached hydrogens (tertiary/aromatic N) is 2. The molecule has 2 aromatic rings. The second-order valence-corrected chi connectivity index (χ2v) is 7.63. The Bertz CT molecular complexity index is 739. The van der Waals surface area contributed by atoms with Crippen molar-refractivity contribution in [2.45, 2.75) is 18.8 Å². The fourth-order valence-corrected chi connectivity index (χ4v) is 4.13. The molecule has 5 nitrogen and oxygen atoms in total. The van der Waals surface area contributed by atoms with Gasteiger partial charge in [0, 0.05) is 37.0 Å². The molecule has 0 saturated carbocycles. The summed E-state index contributed by atoms with van der Waals surface area (Å²) in [6, 6.07) is 4.57. The number of amides is 2. The monoisotopic (exact) mass is 349 g/mol. The molecular weight excluding hydrogens is 329 g/mol. The lowest BCUT2D eigenvalue weighted by molar-refractivity contribution is 0.179. The third-order valence-electron chi connectivity index (χ3n) is 4.88. The number of aromatic nitrogens is 1. The molecule has 2 saturated heterocycles. The van der Waals surface area contributed by atoms with Gasteiger partial charge in [-0.25, -0.2) is 9.18 Å². The Kier molecular flexibility index (Phi) is 4.35. The molecule has 2 aliphatic rings. The molecule has 0 spiro atoms. The van der Waals surface area contributed by atoms with E-state index in [4.69, 9.17) is 4.52 Å². The first kappa shape index (κ1) is 15.7. The Hall–Kier alpha value is -1.76. The van der Waals surface area contributed by atoms with E-state index in [0.29, 0.717) is 24.6 Å². The molecule has 0 radical (unpaired) electrons. The maximum absolute atomic E-state index is 13.2. The van der Waals surface area contributed by atoms with Crippen LogP contribution in [0.4, 0.5) is 9.18 Å². The molecule has 2 aliphatic heterocycles. The molecule has 1 aromatic heterocycles. The topological polar surface area (TPSA) is 58.4 Å². The smallest absolute Gasteiger partial charge is 0.317 e. The summed E-state index contributed by atoms with van der Waals surface area (Å²) in [6.07, 6.45) is 1.71. The number of hydrogen-bond donors (Lipinski definition) is 1. The fraction of sp³-hybridized carbons (Fsp3) is 0.529. The van der Waals surface area contributed by atoms with E-state index in [-0.39, 0.29) is 17.8 Å². The minimum absolute atomic E-state index is 0.0393. The van der Waals surface area contributed by atoms with E-state index in [0.717, 1.165) is 42.0 Å². The number of carbonyl (C=O) groups is 1. The van der Waals surface area contributed by atoms with Gasteiger partial charge in [-0.15, -0.1) is 0 Å². The molecule has 1 N–H and O–H groups in total. The van der Waals surface area contributed by atoms with Gasteiger partial charge in [0.2, 0.25) is 0 Å². The van der Waals surface area contributed by atoms with Gasteiger partial charge in [-0.3, -0.25) is 0 Å². The number of piperidine rings is 1. The number of fused-ring (bicyclic) bond motifs is 1. The van der Waals surface area contributed by atoms with Crippen molar-refractivity contribution < 1.29 is 13.7 Å². The van der Waals surface area contributed by atoms with Crippen molar-refractivity contribution in [2.75, 3.05) is 31.1 Å². The number of hydrogen-bond acceptors (Lipinski definition) is 4. The SMILES string of the molecule is O=C(NCC1CSC1)N1CCC(c2noc3cc(F)ccc23)CC1. The van der Waals surface area contributed by atoms with Crippen LogP contribution in [0.3, 0.4) is 0 Å². The summed E-state index contributed by atoms with van der Waals surface area (Å²) in [5.74, 6) is 2.88. The number of nitrogens with one attached hydrogen (secondary N) is 1. The number of likely N-dealkylation sites (tertiary alicyclic amines) is 1. The van der Waals surface area contributed by atoms with Crippen LogP contribution in [0.15, 0.2) is 22.7 Å². The highest BCUT2D eigenvalue weighted by Crippen LogP contribution is 2.32. The second kappa shape index (κ2) is 6.63. The van der Waals surface area contributed by atoms with Gasteiger partial charge >= 0.3 is 6.03 Å². The quantitative estimate of drug-likeness (QED) is 0.924. The molecule has 0 aliphatic carbocycles. The first-order chi connectivity index (χ1) is 11.7. The van der Waals surface area contributed by atoms with Gasteiger partial charge in [0.05, 0.1) is 5.69 Å². The maximum atomic E-state index is 13.2. The third kappa shape index (κ3) is 3.09. The van der Waals surface area contributed by atoms with E-state index >= 15 is 0 Å². The summed E-state index contributed by atoms with van der Waals surface area (Å²) in [5, 5.41) is 8.06. The van der Waals surface area contributed by atoms with Crippen LogP contribution in [0.1, 0.15) is 24.5 Å². The van der Waals surface area contributed by atoms with Crippen molar-refractivity contribution in [3.63, 3.8) is 0 Å². The Morgan fingerprint density at radius 3 is 2.88 bits per heavy atom. The summed E-state index contributed by atoms with van der Waals surface area (Å²) in [4.78, 5) is 14.1. The Labute approximate surface area is 143 Å². The predicted octanol–water partition coefficient (Wildman–Crippen LogP) is 3.22. The normalized spacial score (nSPS) is 19.5. The Morgan fingerprint density at radius 2 is 2.17 bits per heavy atom. The van der Waals surface area contributed by atoms with Gasteiger partial charge in [-0.2, -0.15) is 11.8 Å².